The average molecular weight is 350 g/mol. The lowest BCUT2D eigenvalue weighted by molar-refractivity contribution is 0.413. The molecule has 4 heteroatoms. The molecule has 2 aromatic carbocycles. The molecule has 26 heavy (non-hydrogen) atoms. The van der Waals surface area contributed by atoms with Crippen LogP contribution in [0.25, 0.3) is 0 Å². The fourth-order valence-corrected chi connectivity index (χ4v) is 2.85. The second-order valence-corrected chi connectivity index (χ2v) is 6.50. The third-order valence-electron chi connectivity index (χ3n) is 4.31. The zero-order chi connectivity index (χ0) is 18.4. The van der Waals surface area contributed by atoms with Gasteiger partial charge in [0.05, 0.1) is 13.7 Å². The molecule has 0 aromatic heterocycles. The molecule has 1 aliphatic heterocycles. The van der Waals surface area contributed by atoms with Gasteiger partial charge < -0.3 is 19.7 Å². The van der Waals surface area contributed by atoms with Gasteiger partial charge in [0.1, 0.15) is 17.2 Å². The van der Waals surface area contributed by atoms with Gasteiger partial charge in [0, 0.05) is 17.4 Å². The highest BCUT2D eigenvalue weighted by Crippen LogP contribution is 2.27. The molecular formula is C22H26N2O2. The average Bonchev–Trinajstić information content (AvgIpc) is 2.68. The number of rotatable bonds is 7. The molecule has 0 aliphatic carbocycles. The Morgan fingerprint density at radius 1 is 0.962 bits per heavy atom. The van der Waals surface area contributed by atoms with Crippen molar-refractivity contribution in [1.29, 1.82) is 0 Å². The Morgan fingerprint density at radius 2 is 1.58 bits per heavy atom. The molecule has 0 bridgehead atoms. The summed E-state index contributed by atoms with van der Waals surface area (Å²) in [4.78, 5) is 2.37. The van der Waals surface area contributed by atoms with Crippen LogP contribution < -0.4 is 19.7 Å². The summed E-state index contributed by atoms with van der Waals surface area (Å²) in [5.41, 5.74) is 2.42. The third-order valence-corrected chi connectivity index (χ3v) is 4.31. The molecule has 3 rings (SSSR count). The highest BCUT2D eigenvalue weighted by atomic mass is 16.5. The summed E-state index contributed by atoms with van der Waals surface area (Å²) >= 11 is 0. The lowest BCUT2D eigenvalue weighted by atomic mass is 10.2. The van der Waals surface area contributed by atoms with Crippen LogP contribution >= 0.6 is 0 Å². The van der Waals surface area contributed by atoms with Crippen LogP contribution in [0.3, 0.4) is 0 Å². The second-order valence-electron chi connectivity index (χ2n) is 6.50. The van der Waals surface area contributed by atoms with Crippen LogP contribution in [-0.4, -0.2) is 19.7 Å². The molecule has 1 N–H and O–H groups in total. The number of anilines is 1. The monoisotopic (exact) mass is 350 g/mol. The summed E-state index contributed by atoms with van der Waals surface area (Å²) in [6.07, 6.45) is 7.35. The minimum atomic E-state index is 0.400. The molecule has 1 aliphatic rings. The predicted octanol–water partition coefficient (Wildman–Crippen LogP) is 5.09. The minimum Gasteiger partial charge on any atom is -0.497 e. The number of benzene rings is 2. The Hall–Kier alpha value is -2.88. The summed E-state index contributed by atoms with van der Waals surface area (Å²) < 4.78 is 11.1. The molecule has 0 spiro atoms. The molecule has 2 aromatic rings. The van der Waals surface area contributed by atoms with Crippen LogP contribution in [0.5, 0.6) is 17.2 Å². The van der Waals surface area contributed by atoms with Crippen LogP contribution in [0.15, 0.2) is 72.6 Å². The topological polar surface area (TPSA) is 33.7 Å². The van der Waals surface area contributed by atoms with Crippen molar-refractivity contribution >= 4 is 5.69 Å². The highest BCUT2D eigenvalue weighted by molar-refractivity contribution is 5.51. The molecule has 136 valence electrons. The molecule has 0 saturated heterocycles. The number of dihydropyridines is 1. The van der Waals surface area contributed by atoms with Gasteiger partial charge in [0.25, 0.3) is 0 Å². The number of ether oxygens (including phenoxy) is 2. The van der Waals surface area contributed by atoms with Gasteiger partial charge >= 0.3 is 0 Å². The molecule has 0 amide bonds. The van der Waals surface area contributed by atoms with Gasteiger partial charge in [-0.05, 0) is 75.0 Å². The van der Waals surface area contributed by atoms with Crippen molar-refractivity contribution < 1.29 is 9.47 Å². The van der Waals surface area contributed by atoms with Gasteiger partial charge in [-0.1, -0.05) is 12.2 Å². The van der Waals surface area contributed by atoms with E-state index >= 15 is 0 Å². The van der Waals surface area contributed by atoms with Gasteiger partial charge in [-0.3, -0.25) is 0 Å². The summed E-state index contributed by atoms with van der Waals surface area (Å²) in [6.45, 7) is 5.28. The molecule has 0 fully saturated rings. The molecule has 0 radical (unpaired) electrons. The Morgan fingerprint density at radius 3 is 2.12 bits per heavy atom. The van der Waals surface area contributed by atoms with Crippen molar-refractivity contribution in [3.8, 4) is 17.2 Å². The van der Waals surface area contributed by atoms with E-state index < -0.39 is 0 Å². The Bertz CT molecular complexity index is 762. The summed E-state index contributed by atoms with van der Waals surface area (Å²) in [5.74, 6) is 2.43. The SMILES string of the molecule is COc1ccc(Oc2ccc(N(CC3=CCC=CN3)C(C)C)cc2)cc1. The first kappa shape index (κ1) is 17.9. The second kappa shape index (κ2) is 8.48. The van der Waals surface area contributed by atoms with Crippen LogP contribution in [0, 0.1) is 0 Å². The number of hydrogen-bond acceptors (Lipinski definition) is 4. The smallest absolute Gasteiger partial charge is 0.127 e. The molecule has 0 unspecified atom stereocenters. The van der Waals surface area contributed by atoms with Crippen molar-refractivity contribution in [2.24, 2.45) is 0 Å². The number of nitrogens with one attached hydrogen (secondary N) is 1. The van der Waals surface area contributed by atoms with Gasteiger partial charge in [0.2, 0.25) is 0 Å². The maximum atomic E-state index is 5.92. The van der Waals surface area contributed by atoms with Crippen molar-refractivity contribution in [2.45, 2.75) is 26.3 Å². The fourth-order valence-electron chi connectivity index (χ4n) is 2.85. The molecule has 1 heterocycles. The van der Waals surface area contributed by atoms with E-state index in [2.05, 4.69) is 48.3 Å². The third kappa shape index (κ3) is 4.60. The minimum absolute atomic E-state index is 0.400. The quantitative estimate of drug-likeness (QED) is 0.754. The van der Waals surface area contributed by atoms with E-state index in [9.17, 15) is 0 Å². The highest BCUT2D eigenvalue weighted by Gasteiger charge is 2.13. The first-order valence-electron chi connectivity index (χ1n) is 8.95. The summed E-state index contributed by atoms with van der Waals surface area (Å²) in [7, 11) is 1.66. The Balaban J connectivity index is 1.68. The number of hydrogen-bond donors (Lipinski definition) is 1. The Kier molecular flexibility index (Phi) is 5.84. The van der Waals surface area contributed by atoms with E-state index in [0.29, 0.717) is 6.04 Å². The van der Waals surface area contributed by atoms with Gasteiger partial charge in [0.15, 0.2) is 0 Å². The van der Waals surface area contributed by atoms with Crippen LogP contribution in [0.2, 0.25) is 0 Å². The zero-order valence-corrected chi connectivity index (χ0v) is 15.6. The van der Waals surface area contributed by atoms with E-state index in [-0.39, 0.29) is 0 Å². The first-order chi connectivity index (χ1) is 12.7. The van der Waals surface area contributed by atoms with Crippen molar-refractivity contribution in [2.75, 3.05) is 18.6 Å². The van der Waals surface area contributed by atoms with Gasteiger partial charge in [-0.25, -0.2) is 0 Å². The molecule has 0 atom stereocenters. The lowest BCUT2D eigenvalue weighted by Crippen LogP contribution is -2.35. The number of allylic oxidation sites excluding steroid dienone is 2. The van der Waals surface area contributed by atoms with E-state index in [1.807, 2.05) is 42.6 Å². The van der Waals surface area contributed by atoms with Gasteiger partial charge in [-0.2, -0.15) is 0 Å². The van der Waals surface area contributed by atoms with Gasteiger partial charge in [-0.15, -0.1) is 0 Å². The molecule has 0 saturated carbocycles. The van der Waals surface area contributed by atoms with Crippen LogP contribution in [0.1, 0.15) is 20.3 Å². The van der Waals surface area contributed by atoms with E-state index in [0.717, 1.165) is 30.2 Å². The van der Waals surface area contributed by atoms with Crippen LogP contribution in [0.4, 0.5) is 5.69 Å². The normalized spacial score (nSPS) is 13.2. The Labute approximate surface area is 155 Å². The largest absolute Gasteiger partial charge is 0.497 e. The van der Waals surface area contributed by atoms with Crippen molar-refractivity contribution in [1.82, 2.24) is 5.32 Å². The van der Waals surface area contributed by atoms with E-state index in [1.54, 1.807) is 7.11 Å². The first-order valence-corrected chi connectivity index (χ1v) is 8.95. The van der Waals surface area contributed by atoms with Crippen molar-refractivity contribution in [3.05, 3.63) is 72.6 Å². The maximum absolute atomic E-state index is 5.92. The van der Waals surface area contributed by atoms with Crippen molar-refractivity contribution in [3.63, 3.8) is 0 Å². The zero-order valence-electron chi connectivity index (χ0n) is 15.6. The molecular weight excluding hydrogens is 324 g/mol. The summed E-state index contributed by atoms with van der Waals surface area (Å²) in [5, 5.41) is 3.33. The number of nitrogens with zero attached hydrogens (tertiary/aromatic N) is 1. The number of methoxy groups -OCH3 is 1. The van der Waals surface area contributed by atoms with Crippen LogP contribution in [-0.2, 0) is 0 Å². The standard InChI is InChI=1S/C22H26N2O2/c1-17(2)24(16-18-6-4-5-15-23-18)19-7-9-21(10-8-19)26-22-13-11-20(25-3)12-14-22/h5-15,17,23H,4,16H2,1-3H3. The lowest BCUT2D eigenvalue weighted by Gasteiger charge is -2.30. The van der Waals surface area contributed by atoms with E-state index in [1.165, 1.54) is 11.4 Å². The summed E-state index contributed by atoms with van der Waals surface area (Å²) in [6, 6.07) is 16.2. The predicted molar refractivity (Wildman–Crippen MR) is 107 cm³/mol. The maximum Gasteiger partial charge on any atom is 0.127 e. The fraction of sp³-hybridized carbons (Fsp3) is 0.273. The molecule has 4 nitrogen and oxygen atoms in total. The van der Waals surface area contributed by atoms with E-state index in [4.69, 9.17) is 9.47 Å².